The zero-order valence-corrected chi connectivity index (χ0v) is 9.32. The molecule has 1 aliphatic rings. The number of aromatic carboxylic acids is 1. The summed E-state index contributed by atoms with van der Waals surface area (Å²) < 4.78 is 5.70. The third-order valence-electron chi connectivity index (χ3n) is 3.36. The lowest BCUT2D eigenvalue weighted by Crippen LogP contribution is -2.00. The van der Waals surface area contributed by atoms with Crippen molar-refractivity contribution in [3.63, 3.8) is 0 Å². The summed E-state index contributed by atoms with van der Waals surface area (Å²) in [6.07, 6.45) is 4.01. The molecule has 0 saturated heterocycles. The van der Waals surface area contributed by atoms with Gasteiger partial charge >= 0.3 is 5.97 Å². The third-order valence-corrected chi connectivity index (χ3v) is 3.36. The van der Waals surface area contributed by atoms with E-state index in [1.54, 1.807) is 6.07 Å². The molecule has 1 heterocycles. The second-order valence-electron chi connectivity index (χ2n) is 4.42. The fourth-order valence-corrected chi connectivity index (χ4v) is 2.56. The number of benzene rings is 1. The summed E-state index contributed by atoms with van der Waals surface area (Å²) in [4.78, 5) is 11.1. The first-order valence-electron chi connectivity index (χ1n) is 5.74. The second-order valence-corrected chi connectivity index (χ2v) is 4.42. The minimum Gasteiger partial charge on any atom is -0.478 e. The summed E-state index contributed by atoms with van der Waals surface area (Å²) in [7, 11) is 0. The molecular formula is C13H13NO3. The second kappa shape index (κ2) is 3.52. The molecule has 4 heteroatoms. The maximum atomic E-state index is 11.1. The summed E-state index contributed by atoms with van der Waals surface area (Å²) >= 11 is 0. The van der Waals surface area contributed by atoms with Crippen molar-refractivity contribution in [3.8, 4) is 0 Å². The highest BCUT2D eigenvalue weighted by atomic mass is 16.4. The van der Waals surface area contributed by atoms with E-state index in [0.717, 1.165) is 42.4 Å². The van der Waals surface area contributed by atoms with E-state index in [0.29, 0.717) is 11.3 Å². The number of anilines is 1. The van der Waals surface area contributed by atoms with Crippen LogP contribution in [0.1, 0.15) is 34.5 Å². The molecule has 1 aliphatic carbocycles. The van der Waals surface area contributed by atoms with Crippen LogP contribution in [0.3, 0.4) is 0 Å². The molecule has 0 spiro atoms. The zero-order chi connectivity index (χ0) is 12.0. The Bertz CT molecular complexity index is 613. The van der Waals surface area contributed by atoms with E-state index in [9.17, 15) is 4.79 Å². The van der Waals surface area contributed by atoms with E-state index >= 15 is 0 Å². The van der Waals surface area contributed by atoms with E-state index in [-0.39, 0.29) is 5.56 Å². The van der Waals surface area contributed by atoms with Gasteiger partial charge < -0.3 is 15.3 Å². The van der Waals surface area contributed by atoms with Crippen LogP contribution in [0, 0.1) is 0 Å². The van der Waals surface area contributed by atoms with E-state index in [2.05, 4.69) is 0 Å². The maximum absolute atomic E-state index is 11.1. The van der Waals surface area contributed by atoms with Gasteiger partial charge in [0.25, 0.3) is 0 Å². The lowest BCUT2D eigenvalue weighted by atomic mass is 9.95. The quantitative estimate of drug-likeness (QED) is 0.739. The van der Waals surface area contributed by atoms with Gasteiger partial charge in [0.05, 0.1) is 0 Å². The Hall–Kier alpha value is -1.97. The van der Waals surface area contributed by atoms with Crippen LogP contribution in [-0.4, -0.2) is 11.1 Å². The van der Waals surface area contributed by atoms with Crippen molar-refractivity contribution >= 4 is 22.6 Å². The normalized spacial score (nSPS) is 14.8. The summed E-state index contributed by atoms with van der Waals surface area (Å²) in [5, 5.41) is 9.94. The molecule has 0 saturated carbocycles. The standard InChI is InChI=1S/C13H13NO3/c14-9-6-5-8(13(15)16)12-11(9)7-3-1-2-4-10(7)17-12/h5-6H,1-4,14H2,(H,15,16). The predicted octanol–water partition coefficient (Wildman–Crippen LogP) is 2.59. The largest absolute Gasteiger partial charge is 0.478 e. The Balaban J connectivity index is 2.39. The molecule has 0 aliphatic heterocycles. The van der Waals surface area contributed by atoms with Gasteiger partial charge in [-0.05, 0) is 31.4 Å². The molecule has 3 N–H and O–H groups in total. The van der Waals surface area contributed by atoms with Crippen molar-refractivity contribution in [1.29, 1.82) is 0 Å². The number of fused-ring (bicyclic) bond motifs is 3. The maximum Gasteiger partial charge on any atom is 0.339 e. The Morgan fingerprint density at radius 1 is 1.29 bits per heavy atom. The van der Waals surface area contributed by atoms with E-state index in [1.807, 2.05) is 0 Å². The molecule has 88 valence electrons. The predicted molar refractivity (Wildman–Crippen MR) is 64.2 cm³/mol. The Morgan fingerprint density at radius 2 is 2.06 bits per heavy atom. The lowest BCUT2D eigenvalue weighted by molar-refractivity contribution is 0.0698. The molecule has 17 heavy (non-hydrogen) atoms. The van der Waals surface area contributed by atoms with Gasteiger partial charge in [-0.25, -0.2) is 4.79 Å². The average molecular weight is 231 g/mol. The highest BCUT2D eigenvalue weighted by Crippen LogP contribution is 2.36. The minimum absolute atomic E-state index is 0.198. The lowest BCUT2D eigenvalue weighted by Gasteiger charge is -2.09. The number of furan rings is 1. The van der Waals surface area contributed by atoms with Gasteiger partial charge in [-0.3, -0.25) is 0 Å². The summed E-state index contributed by atoms with van der Waals surface area (Å²) in [6.45, 7) is 0. The van der Waals surface area contributed by atoms with Gasteiger partial charge in [-0.2, -0.15) is 0 Å². The van der Waals surface area contributed by atoms with E-state index in [4.69, 9.17) is 15.3 Å². The number of hydrogen-bond donors (Lipinski definition) is 2. The van der Waals surface area contributed by atoms with E-state index < -0.39 is 5.97 Å². The van der Waals surface area contributed by atoms with E-state index in [1.165, 1.54) is 6.07 Å². The Labute approximate surface area is 98.0 Å². The first-order valence-corrected chi connectivity index (χ1v) is 5.74. The SMILES string of the molecule is Nc1ccc(C(=O)O)c2oc3c(c12)CCCC3. The number of nitrogens with two attached hydrogens (primary N) is 1. The molecule has 4 nitrogen and oxygen atoms in total. The van der Waals surface area contributed by atoms with Crippen molar-refractivity contribution in [2.75, 3.05) is 5.73 Å². The van der Waals surface area contributed by atoms with Crippen molar-refractivity contribution in [1.82, 2.24) is 0 Å². The molecule has 1 aromatic heterocycles. The molecule has 1 aromatic carbocycles. The molecule has 0 radical (unpaired) electrons. The third kappa shape index (κ3) is 1.40. The minimum atomic E-state index is -0.971. The van der Waals surface area contributed by atoms with Crippen LogP contribution in [0.2, 0.25) is 0 Å². The monoisotopic (exact) mass is 231 g/mol. The molecule has 0 fully saturated rings. The molecule has 0 amide bonds. The Kier molecular flexibility index (Phi) is 2.11. The van der Waals surface area contributed by atoms with Gasteiger partial charge in [-0.1, -0.05) is 0 Å². The molecule has 0 unspecified atom stereocenters. The number of rotatable bonds is 1. The van der Waals surface area contributed by atoms with Crippen molar-refractivity contribution in [2.24, 2.45) is 0 Å². The van der Waals surface area contributed by atoms with Crippen molar-refractivity contribution in [2.45, 2.75) is 25.7 Å². The van der Waals surface area contributed by atoms with Gasteiger partial charge in [0, 0.05) is 23.1 Å². The summed E-state index contributed by atoms with van der Waals surface area (Å²) in [5.74, 6) is -0.0623. The van der Waals surface area contributed by atoms with Crippen LogP contribution in [0.4, 0.5) is 5.69 Å². The number of aryl methyl sites for hydroxylation is 2. The van der Waals surface area contributed by atoms with Crippen LogP contribution >= 0.6 is 0 Å². The number of carbonyl (C=O) groups is 1. The van der Waals surface area contributed by atoms with Crippen LogP contribution in [0.5, 0.6) is 0 Å². The molecule has 2 aromatic rings. The van der Waals surface area contributed by atoms with Crippen LogP contribution in [0.25, 0.3) is 11.0 Å². The van der Waals surface area contributed by atoms with Gasteiger partial charge in [0.15, 0.2) is 5.58 Å². The highest BCUT2D eigenvalue weighted by molar-refractivity contribution is 6.06. The fraction of sp³-hybridized carbons (Fsp3) is 0.308. The molecule has 3 rings (SSSR count). The molecule has 0 bridgehead atoms. The van der Waals surface area contributed by atoms with Gasteiger partial charge in [-0.15, -0.1) is 0 Å². The fourth-order valence-electron chi connectivity index (χ4n) is 2.56. The number of hydrogen-bond acceptors (Lipinski definition) is 3. The summed E-state index contributed by atoms with van der Waals surface area (Å²) in [5.41, 5.74) is 8.29. The van der Waals surface area contributed by atoms with Gasteiger partial charge in [0.1, 0.15) is 11.3 Å². The smallest absolute Gasteiger partial charge is 0.339 e. The molecule has 0 atom stereocenters. The van der Waals surface area contributed by atoms with Gasteiger partial charge in [0.2, 0.25) is 0 Å². The summed E-state index contributed by atoms with van der Waals surface area (Å²) in [6, 6.07) is 3.16. The number of nitrogen functional groups attached to an aromatic ring is 1. The topological polar surface area (TPSA) is 76.5 Å². The number of carboxylic acid groups (broad SMARTS) is 1. The van der Waals surface area contributed by atoms with Crippen LogP contribution in [-0.2, 0) is 12.8 Å². The number of carboxylic acids is 1. The molecular weight excluding hydrogens is 218 g/mol. The zero-order valence-electron chi connectivity index (χ0n) is 9.32. The first kappa shape index (κ1) is 10.2. The highest BCUT2D eigenvalue weighted by Gasteiger charge is 2.23. The first-order chi connectivity index (χ1) is 8.18. The van der Waals surface area contributed by atoms with Crippen molar-refractivity contribution < 1.29 is 14.3 Å². The van der Waals surface area contributed by atoms with Crippen LogP contribution in [0.15, 0.2) is 16.5 Å². The van der Waals surface area contributed by atoms with Crippen molar-refractivity contribution in [3.05, 3.63) is 29.0 Å². The van der Waals surface area contributed by atoms with Crippen LogP contribution < -0.4 is 5.73 Å². The Morgan fingerprint density at radius 3 is 2.82 bits per heavy atom. The average Bonchev–Trinajstić information content (AvgIpc) is 2.68.